The Morgan fingerprint density at radius 3 is 2.58 bits per heavy atom. The number of rotatable bonds is 5. The summed E-state index contributed by atoms with van der Waals surface area (Å²) in [6.07, 6.45) is 1.78. The Labute approximate surface area is 110 Å². The molecular formula is C10H14N4O4S. The van der Waals surface area contributed by atoms with Gasteiger partial charge in [-0.25, -0.2) is 13.4 Å². The molecule has 1 heterocycles. The molecule has 2 rings (SSSR count). The number of aromatic hydroxyl groups is 1. The normalized spacial score (nSPS) is 15.2. The summed E-state index contributed by atoms with van der Waals surface area (Å²) in [5.74, 6) is -1.88. The molecule has 104 valence electrons. The van der Waals surface area contributed by atoms with Crippen LogP contribution < -0.4 is 11.1 Å². The van der Waals surface area contributed by atoms with Crippen molar-refractivity contribution in [3.8, 4) is 5.88 Å². The number of anilines is 1. The van der Waals surface area contributed by atoms with Crippen molar-refractivity contribution in [3.63, 3.8) is 0 Å². The number of hydrogen-bond donors (Lipinski definition) is 3. The average molecular weight is 286 g/mol. The Bertz CT molecular complexity index is 625. The number of carbonyl (C=O) groups is 1. The summed E-state index contributed by atoms with van der Waals surface area (Å²) in [4.78, 5) is 18.5. The number of primary amides is 1. The van der Waals surface area contributed by atoms with E-state index in [2.05, 4.69) is 15.3 Å². The summed E-state index contributed by atoms with van der Waals surface area (Å²) in [6.45, 7) is 1.44. The Hall–Kier alpha value is -1.90. The van der Waals surface area contributed by atoms with E-state index < -0.39 is 26.8 Å². The van der Waals surface area contributed by atoms with E-state index in [4.69, 9.17) is 5.73 Å². The van der Waals surface area contributed by atoms with Crippen LogP contribution in [-0.2, 0) is 9.84 Å². The lowest BCUT2D eigenvalue weighted by molar-refractivity contribution is 0.0997. The number of nitrogens with zero attached hydrogens (tertiary/aromatic N) is 2. The van der Waals surface area contributed by atoms with Gasteiger partial charge in [0.05, 0.1) is 5.75 Å². The van der Waals surface area contributed by atoms with Gasteiger partial charge in [0.15, 0.2) is 0 Å². The molecule has 0 spiro atoms. The lowest BCUT2D eigenvalue weighted by Crippen LogP contribution is -2.20. The Morgan fingerprint density at radius 1 is 1.47 bits per heavy atom. The molecule has 0 aliphatic heterocycles. The standard InChI is InChI=1S/C10H14N4O4S/c1-2-19(17,18)10-13-8(12-5-3-4-5)6(7(11)15)9(16)14-10/h5H,2-4H2,1H3,(H2,11,15)(H2,12,13,14,16). The maximum absolute atomic E-state index is 11.7. The van der Waals surface area contributed by atoms with Gasteiger partial charge < -0.3 is 16.2 Å². The van der Waals surface area contributed by atoms with Gasteiger partial charge in [0.2, 0.25) is 15.7 Å². The van der Waals surface area contributed by atoms with Crippen molar-refractivity contribution in [2.75, 3.05) is 11.1 Å². The molecule has 1 aliphatic carbocycles. The molecule has 1 aromatic heterocycles. The van der Waals surface area contributed by atoms with E-state index >= 15 is 0 Å². The highest BCUT2D eigenvalue weighted by Crippen LogP contribution is 2.29. The van der Waals surface area contributed by atoms with Crippen LogP contribution in [0, 0.1) is 0 Å². The molecule has 9 heteroatoms. The van der Waals surface area contributed by atoms with Crippen LogP contribution in [0.1, 0.15) is 30.1 Å². The summed E-state index contributed by atoms with van der Waals surface area (Å²) in [6, 6.07) is 0.115. The minimum atomic E-state index is -3.68. The molecule has 0 atom stereocenters. The predicted molar refractivity (Wildman–Crippen MR) is 66.6 cm³/mol. The van der Waals surface area contributed by atoms with Crippen LogP contribution in [0.4, 0.5) is 5.82 Å². The second-order valence-corrected chi connectivity index (χ2v) is 6.41. The van der Waals surface area contributed by atoms with E-state index in [1.54, 1.807) is 0 Å². The number of carbonyl (C=O) groups excluding carboxylic acids is 1. The van der Waals surface area contributed by atoms with Crippen molar-refractivity contribution < 1.29 is 18.3 Å². The zero-order chi connectivity index (χ0) is 14.2. The van der Waals surface area contributed by atoms with Crippen LogP contribution in [0.5, 0.6) is 5.88 Å². The zero-order valence-corrected chi connectivity index (χ0v) is 11.1. The molecule has 19 heavy (non-hydrogen) atoms. The van der Waals surface area contributed by atoms with Crippen LogP contribution in [0.25, 0.3) is 0 Å². The molecule has 1 amide bonds. The van der Waals surface area contributed by atoms with E-state index in [1.165, 1.54) is 6.92 Å². The molecule has 1 aliphatic rings. The fourth-order valence-electron chi connectivity index (χ4n) is 1.45. The highest BCUT2D eigenvalue weighted by molar-refractivity contribution is 7.91. The topological polar surface area (TPSA) is 135 Å². The number of nitrogens with two attached hydrogens (primary N) is 1. The van der Waals surface area contributed by atoms with Crippen LogP contribution in [0.3, 0.4) is 0 Å². The van der Waals surface area contributed by atoms with Crippen molar-refractivity contribution in [1.82, 2.24) is 9.97 Å². The van der Waals surface area contributed by atoms with Gasteiger partial charge in [-0.1, -0.05) is 6.92 Å². The fourth-order valence-corrected chi connectivity index (χ4v) is 2.16. The molecule has 1 fully saturated rings. The van der Waals surface area contributed by atoms with Gasteiger partial charge in [0, 0.05) is 6.04 Å². The number of hydrogen-bond acceptors (Lipinski definition) is 7. The van der Waals surface area contributed by atoms with Gasteiger partial charge in [-0.2, -0.15) is 4.98 Å². The van der Waals surface area contributed by atoms with E-state index in [1.807, 2.05) is 0 Å². The zero-order valence-electron chi connectivity index (χ0n) is 10.3. The molecule has 1 saturated carbocycles. The summed E-state index contributed by atoms with van der Waals surface area (Å²) in [5.41, 5.74) is 4.84. The van der Waals surface area contributed by atoms with E-state index in [0.29, 0.717) is 0 Å². The lowest BCUT2D eigenvalue weighted by atomic mass is 10.2. The SMILES string of the molecule is CCS(=O)(=O)c1nc(O)c(C(N)=O)c(NC2CC2)n1. The summed E-state index contributed by atoms with van der Waals surface area (Å²) in [5, 5.41) is 12.0. The van der Waals surface area contributed by atoms with Crippen molar-refractivity contribution >= 4 is 21.6 Å². The molecule has 0 saturated heterocycles. The quantitative estimate of drug-likeness (QED) is 0.629. The first-order chi connectivity index (χ1) is 8.85. The lowest BCUT2D eigenvalue weighted by Gasteiger charge is -2.10. The Balaban J connectivity index is 2.55. The third-order valence-electron chi connectivity index (χ3n) is 2.69. The average Bonchev–Trinajstić information content (AvgIpc) is 3.11. The molecule has 0 bridgehead atoms. The minimum absolute atomic E-state index is 0.0328. The van der Waals surface area contributed by atoms with Crippen LogP contribution >= 0.6 is 0 Å². The number of amides is 1. The first-order valence-corrected chi connectivity index (χ1v) is 7.40. The Kier molecular flexibility index (Phi) is 3.31. The molecule has 1 aromatic rings. The van der Waals surface area contributed by atoms with Crippen molar-refractivity contribution in [3.05, 3.63) is 5.56 Å². The van der Waals surface area contributed by atoms with Crippen LogP contribution in [-0.4, -0.2) is 41.2 Å². The molecule has 8 nitrogen and oxygen atoms in total. The third kappa shape index (κ3) is 2.75. The van der Waals surface area contributed by atoms with Gasteiger partial charge in [0.25, 0.3) is 11.1 Å². The molecule has 0 aromatic carbocycles. The van der Waals surface area contributed by atoms with Crippen molar-refractivity contribution in [2.24, 2.45) is 5.73 Å². The van der Waals surface area contributed by atoms with E-state index in [0.717, 1.165) is 12.8 Å². The predicted octanol–water partition coefficient (Wildman–Crippen LogP) is -0.351. The van der Waals surface area contributed by atoms with Gasteiger partial charge in [-0.15, -0.1) is 0 Å². The van der Waals surface area contributed by atoms with Crippen LogP contribution in [0.2, 0.25) is 0 Å². The van der Waals surface area contributed by atoms with Gasteiger partial charge in [-0.3, -0.25) is 4.79 Å². The monoisotopic (exact) mass is 286 g/mol. The third-order valence-corrected chi connectivity index (χ3v) is 4.19. The number of sulfone groups is 1. The smallest absolute Gasteiger partial charge is 0.257 e. The maximum Gasteiger partial charge on any atom is 0.257 e. The first kappa shape index (κ1) is 13.5. The number of aromatic nitrogens is 2. The molecule has 0 unspecified atom stereocenters. The highest BCUT2D eigenvalue weighted by atomic mass is 32.2. The van der Waals surface area contributed by atoms with Gasteiger partial charge >= 0.3 is 0 Å². The fraction of sp³-hybridized carbons (Fsp3) is 0.500. The van der Waals surface area contributed by atoms with Crippen molar-refractivity contribution in [2.45, 2.75) is 31.0 Å². The highest BCUT2D eigenvalue weighted by Gasteiger charge is 2.28. The minimum Gasteiger partial charge on any atom is -0.493 e. The van der Waals surface area contributed by atoms with Gasteiger partial charge in [0.1, 0.15) is 11.4 Å². The second-order valence-electron chi connectivity index (χ2n) is 4.24. The molecular weight excluding hydrogens is 272 g/mol. The summed E-state index contributed by atoms with van der Waals surface area (Å²) in [7, 11) is -3.68. The first-order valence-electron chi connectivity index (χ1n) is 5.75. The van der Waals surface area contributed by atoms with Crippen molar-refractivity contribution in [1.29, 1.82) is 0 Å². The maximum atomic E-state index is 11.7. The largest absolute Gasteiger partial charge is 0.493 e. The number of nitrogens with one attached hydrogen (secondary N) is 1. The summed E-state index contributed by atoms with van der Waals surface area (Å²) < 4.78 is 23.4. The second kappa shape index (κ2) is 4.65. The molecule has 0 radical (unpaired) electrons. The van der Waals surface area contributed by atoms with Crippen LogP contribution in [0.15, 0.2) is 5.16 Å². The Morgan fingerprint density at radius 2 is 2.11 bits per heavy atom. The van der Waals surface area contributed by atoms with E-state index in [9.17, 15) is 18.3 Å². The summed E-state index contributed by atoms with van der Waals surface area (Å²) >= 11 is 0. The molecule has 4 N–H and O–H groups in total. The van der Waals surface area contributed by atoms with Gasteiger partial charge in [-0.05, 0) is 12.8 Å². The van der Waals surface area contributed by atoms with E-state index in [-0.39, 0.29) is 23.2 Å².